The molecule has 3 unspecified atom stereocenters. The molecule has 0 aromatic heterocycles. The van der Waals surface area contributed by atoms with Gasteiger partial charge in [0, 0.05) is 38.8 Å². The number of hydrogen-bond acceptors (Lipinski definition) is 3. The zero-order chi connectivity index (χ0) is 15.4. The minimum absolute atomic E-state index is 0.273. The van der Waals surface area contributed by atoms with Crippen molar-refractivity contribution in [3.63, 3.8) is 0 Å². The summed E-state index contributed by atoms with van der Waals surface area (Å²) in [7, 11) is 0. The van der Waals surface area contributed by atoms with Crippen molar-refractivity contribution in [1.82, 2.24) is 9.80 Å². The van der Waals surface area contributed by atoms with Gasteiger partial charge in [0.2, 0.25) is 0 Å². The van der Waals surface area contributed by atoms with Crippen LogP contribution in [0.5, 0.6) is 0 Å². The molecule has 0 radical (unpaired) electrons. The number of piperazine rings is 1. The number of carboxylic acids is 1. The lowest BCUT2D eigenvalue weighted by Crippen LogP contribution is -2.54. The van der Waals surface area contributed by atoms with E-state index in [-0.39, 0.29) is 6.42 Å². The molecule has 4 nitrogen and oxygen atoms in total. The van der Waals surface area contributed by atoms with Crippen molar-refractivity contribution in [1.29, 1.82) is 0 Å². The molecular formula is C17H32N2O2. The summed E-state index contributed by atoms with van der Waals surface area (Å²) in [5, 5.41) is 8.79. The minimum atomic E-state index is -0.682. The summed E-state index contributed by atoms with van der Waals surface area (Å²) < 4.78 is 0. The third-order valence-corrected chi connectivity index (χ3v) is 5.50. The molecule has 0 aromatic carbocycles. The molecule has 2 aliphatic rings. The molecule has 1 saturated heterocycles. The van der Waals surface area contributed by atoms with Gasteiger partial charge in [-0.2, -0.15) is 0 Å². The highest BCUT2D eigenvalue weighted by atomic mass is 16.4. The van der Waals surface area contributed by atoms with E-state index in [1.54, 1.807) is 0 Å². The molecule has 1 saturated carbocycles. The summed E-state index contributed by atoms with van der Waals surface area (Å²) in [6, 6.07) is 0.746. The van der Waals surface area contributed by atoms with Crippen LogP contribution >= 0.6 is 0 Å². The highest BCUT2D eigenvalue weighted by Crippen LogP contribution is 2.36. The molecule has 0 amide bonds. The smallest absolute Gasteiger partial charge is 0.304 e. The van der Waals surface area contributed by atoms with Gasteiger partial charge in [0.1, 0.15) is 0 Å². The predicted octanol–water partition coefficient (Wildman–Crippen LogP) is 2.54. The van der Waals surface area contributed by atoms with E-state index in [9.17, 15) is 4.79 Å². The largest absolute Gasteiger partial charge is 0.481 e. The Hall–Kier alpha value is -0.610. The van der Waals surface area contributed by atoms with Crippen molar-refractivity contribution in [3.8, 4) is 0 Å². The van der Waals surface area contributed by atoms with E-state index in [0.717, 1.165) is 50.0 Å². The molecule has 122 valence electrons. The lowest BCUT2D eigenvalue weighted by atomic mass is 9.73. The fraction of sp³-hybridized carbons (Fsp3) is 0.941. The van der Waals surface area contributed by atoms with E-state index in [0.29, 0.717) is 6.54 Å². The van der Waals surface area contributed by atoms with Gasteiger partial charge in [0.05, 0.1) is 6.42 Å². The van der Waals surface area contributed by atoms with E-state index < -0.39 is 5.97 Å². The van der Waals surface area contributed by atoms with E-state index in [1.807, 2.05) is 0 Å². The average molecular weight is 296 g/mol. The third-order valence-electron chi connectivity index (χ3n) is 5.50. The van der Waals surface area contributed by atoms with Crippen LogP contribution in [0.4, 0.5) is 0 Å². The van der Waals surface area contributed by atoms with E-state index in [2.05, 4.69) is 30.6 Å². The van der Waals surface area contributed by atoms with Crippen molar-refractivity contribution >= 4 is 5.97 Å². The predicted molar refractivity (Wildman–Crippen MR) is 85.4 cm³/mol. The molecule has 3 atom stereocenters. The fourth-order valence-corrected chi connectivity index (χ4v) is 4.14. The number of carboxylic acid groups (broad SMARTS) is 1. The first kappa shape index (κ1) is 16.8. The van der Waals surface area contributed by atoms with Crippen molar-refractivity contribution in [2.24, 2.45) is 17.8 Å². The van der Waals surface area contributed by atoms with Crippen LogP contribution in [0.3, 0.4) is 0 Å². The highest BCUT2D eigenvalue weighted by molar-refractivity contribution is 5.66. The Morgan fingerprint density at radius 3 is 2.43 bits per heavy atom. The van der Waals surface area contributed by atoms with Crippen LogP contribution in [0, 0.1) is 17.8 Å². The van der Waals surface area contributed by atoms with Gasteiger partial charge in [-0.1, -0.05) is 27.2 Å². The van der Waals surface area contributed by atoms with Crippen molar-refractivity contribution in [3.05, 3.63) is 0 Å². The summed E-state index contributed by atoms with van der Waals surface area (Å²) in [5.74, 6) is 1.78. The van der Waals surface area contributed by atoms with Gasteiger partial charge in [0.15, 0.2) is 0 Å². The van der Waals surface area contributed by atoms with Gasteiger partial charge < -0.3 is 10.0 Å². The normalized spacial score (nSPS) is 32.5. The molecule has 0 aromatic rings. The maximum absolute atomic E-state index is 10.7. The highest BCUT2D eigenvalue weighted by Gasteiger charge is 2.35. The van der Waals surface area contributed by atoms with Gasteiger partial charge >= 0.3 is 5.97 Å². The first-order valence-corrected chi connectivity index (χ1v) is 8.65. The standard InChI is InChI=1S/C17H32N2O2/c1-13(2)15-5-4-14(3)12-16(15)19-10-8-18(9-11-19)7-6-17(20)21/h13-16H,4-12H2,1-3H3,(H,20,21). The maximum atomic E-state index is 10.7. The quantitative estimate of drug-likeness (QED) is 0.847. The van der Waals surface area contributed by atoms with Crippen LogP contribution in [0.15, 0.2) is 0 Å². The Kier molecular flexibility index (Phi) is 6.06. The van der Waals surface area contributed by atoms with E-state index >= 15 is 0 Å². The average Bonchev–Trinajstić information content (AvgIpc) is 2.45. The molecule has 1 N–H and O–H groups in total. The molecule has 0 spiro atoms. The van der Waals surface area contributed by atoms with Gasteiger partial charge in [-0.25, -0.2) is 0 Å². The molecule has 1 heterocycles. The molecule has 1 aliphatic heterocycles. The molecular weight excluding hydrogens is 264 g/mol. The zero-order valence-corrected chi connectivity index (χ0v) is 13.9. The van der Waals surface area contributed by atoms with Crippen LogP contribution in [-0.2, 0) is 4.79 Å². The number of hydrogen-bond donors (Lipinski definition) is 1. The maximum Gasteiger partial charge on any atom is 0.304 e. The monoisotopic (exact) mass is 296 g/mol. The Morgan fingerprint density at radius 2 is 1.86 bits per heavy atom. The number of aliphatic carboxylic acids is 1. The van der Waals surface area contributed by atoms with Crippen molar-refractivity contribution in [2.45, 2.75) is 52.5 Å². The third kappa shape index (κ3) is 4.68. The van der Waals surface area contributed by atoms with Crippen LogP contribution in [0.25, 0.3) is 0 Å². The Morgan fingerprint density at radius 1 is 1.19 bits per heavy atom. The molecule has 1 aliphatic carbocycles. The van der Waals surface area contributed by atoms with Crippen molar-refractivity contribution < 1.29 is 9.90 Å². The second-order valence-corrected chi connectivity index (χ2v) is 7.41. The van der Waals surface area contributed by atoms with E-state index in [1.165, 1.54) is 19.3 Å². The minimum Gasteiger partial charge on any atom is -0.481 e. The first-order valence-electron chi connectivity index (χ1n) is 8.65. The van der Waals surface area contributed by atoms with E-state index in [4.69, 9.17) is 5.11 Å². The molecule has 4 heteroatoms. The lowest BCUT2D eigenvalue weighted by molar-refractivity contribution is -0.137. The van der Waals surface area contributed by atoms with Crippen molar-refractivity contribution in [2.75, 3.05) is 32.7 Å². The van der Waals surface area contributed by atoms with Crippen LogP contribution in [-0.4, -0.2) is 59.6 Å². The van der Waals surface area contributed by atoms with Gasteiger partial charge in [-0.3, -0.25) is 9.69 Å². The number of nitrogens with zero attached hydrogens (tertiary/aromatic N) is 2. The van der Waals surface area contributed by atoms with Gasteiger partial charge in [-0.15, -0.1) is 0 Å². The first-order chi connectivity index (χ1) is 9.97. The van der Waals surface area contributed by atoms with Gasteiger partial charge in [-0.05, 0) is 30.6 Å². The molecule has 2 fully saturated rings. The summed E-state index contributed by atoms with van der Waals surface area (Å²) in [6.45, 7) is 12.1. The Labute approximate surface area is 129 Å². The topological polar surface area (TPSA) is 43.8 Å². The molecule has 2 rings (SSSR count). The van der Waals surface area contributed by atoms with Crippen LogP contribution < -0.4 is 0 Å². The summed E-state index contributed by atoms with van der Waals surface area (Å²) >= 11 is 0. The van der Waals surface area contributed by atoms with Gasteiger partial charge in [0.25, 0.3) is 0 Å². The van der Waals surface area contributed by atoms with Crippen LogP contribution in [0.2, 0.25) is 0 Å². The number of rotatable bonds is 5. The summed E-state index contributed by atoms with van der Waals surface area (Å²) in [6.07, 6.45) is 4.38. The molecule has 21 heavy (non-hydrogen) atoms. The second-order valence-electron chi connectivity index (χ2n) is 7.41. The Bertz CT molecular complexity index is 338. The summed E-state index contributed by atoms with van der Waals surface area (Å²) in [4.78, 5) is 15.7. The SMILES string of the molecule is CC1CCC(C(C)C)C(N2CCN(CCC(=O)O)CC2)C1. The Balaban J connectivity index is 1.85. The molecule has 0 bridgehead atoms. The second kappa shape index (κ2) is 7.59. The lowest BCUT2D eigenvalue weighted by Gasteiger charge is -2.47. The van der Waals surface area contributed by atoms with Crippen LogP contribution in [0.1, 0.15) is 46.5 Å². The number of carbonyl (C=O) groups is 1. The zero-order valence-electron chi connectivity index (χ0n) is 13.9. The summed E-state index contributed by atoms with van der Waals surface area (Å²) in [5.41, 5.74) is 0. The fourth-order valence-electron chi connectivity index (χ4n) is 4.14.